The summed E-state index contributed by atoms with van der Waals surface area (Å²) in [5, 5.41) is 4.72. The molecule has 8 rings (SSSR count). The van der Waals surface area contributed by atoms with Gasteiger partial charge in [0.1, 0.15) is 0 Å². The summed E-state index contributed by atoms with van der Waals surface area (Å²) in [6.07, 6.45) is 0. The van der Waals surface area contributed by atoms with E-state index < -0.39 is 24.2 Å². The number of hydrogen-bond acceptors (Lipinski definition) is 0. The van der Waals surface area contributed by atoms with E-state index in [0.29, 0.717) is 22.3 Å². The lowest BCUT2D eigenvalue weighted by Gasteiger charge is -2.19. The summed E-state index contributed by atoms with van der Waals surface area (Å²) in [6.45, 7) is 0. The predicted molar refractivity (Wildman–Crippen MR) is 173 cm³/mol. The highest BCUT2D eigenvalue weighted by Crippen LogP contribution is 2.46. The van der Waals surface area contributed by atoms with Crippen LogP contribution in [-0.4, -0.2) is 0 Å². The van der Waals surface area contributed by atoms with Crippen LogP contribution in [0, 0.1) is 0 Å². The summed E-state index contributed by atoms with van der Waals surface area (Å²) >= 11 is 0. The third-order valence-electron chi connectivity index (χ3n) is 7.71. The number of rotatable bonds is 3. The van der Waals surface area contributed by atoms with Gasteiger partial charge in [-0.05, 0) is 76.5 Å². The summed E-state index contributed by atoms with van der Waals surface area (Å²) in [5.74, 6) is 0. The summed E-state index contributed by atoms with van der Waals surface area (Å²) in [4.78, 5) is 0. The Labute approximate surface area is 245 Å². The molecule has 0 N–H and O–H groups in total. The second kappa shape index (κ2) is 9.22. The van der Waals surface area contributed by atoms with Crippen molar-refractivity contribution in [3.05, 3.63) is 158 Å². The summed E-state index contributed by atoms with van der Waals surface area (Å²) in [7, 11) is 0. The molecule has 0 amide bonds. The second-order valence-corrected chi connectivity index (χ2v) is 9.85. The zero-order valence-corrected chi connectivity index (χ0v) is 21.4. The van der Waals surface area contributed by atoms with Crippen molar-refractivity contribution in [3.63, 3.8) is 0 Å². The van der Waals surface area contributed by atoms with E-state index in [9.17, 15) is 5.48 Å². The molecule has 0 saturated heterocycles. The molecule has 186 valence electrons. The van der Waals surface area contributed by atoms with Crippen LogP contribution < -0.4 is 0 Å². The summed E-state index contributed by atoms with van der Waals surface area (Å²) in [6, 6.07) is 32.4. The minimum atomic E-state index is -0.412. The molecule has 0 aromatic heterocycles. The van der Waals surface area contributed by atoms with Gasteiger partial charge in [-0.2, -0.15) is 0 Å². The molecule has 8 aromatic carbocycles. The largest absolute Gasteiger partial charge is 0.0629 e. The van der Waals surface area contributed by atoms with E-state index in [1.165, 1.54) is 0 Å². The fourth-order valence-corrected chi connectivity index (χ4v) is 6.01. The molecule has 8 aromatic rings. The van der Waals surface area contributed by atoms with E-state index in [1.54, 1.807) is 24.3 Å². The lowest BCUT2D eigenvalue weighted by molar-refractivity contribution is 1.66. The first kappa shape index (κ1) is 16.0. The predicted octanol–water partition coefficient (Wildman–Crippen LogP) is 11.3. The van der Waals surface area contributed by atoms with Gasteiger partial charge >= 0.3 is 0 Å². The van der Waals surface area contributed by atoms with E-state index >= 15 is 0 Å². The van der Waals surface area contributed by atoms with Crippen LogP contribution in [-0.2, 0) is 0 Å². The van der Waals surface area contributed by atoms with E-state index in [-0.39, 0.29) is 45.7 Å². The van der Waals surface area contributed by atoms with Crippen molar-refractivity contribution in [2.75, 3.05) is 0 Å². The Morgan fingerprint density at radius 3 is 1.45 bits per heavy atom. The van der Waals surface area contributed by atoms with Crippen molar-refractivity contribution in [1.29, 1.82) is 0 Å². The third kappa shape index (κ3) is 3.47. The van der Waals surface area contributed by atoms with Crippen molar-refractivity contribution in [3.8, 4) is 33.4 Å². The molecule has 0 spiro atoms. The van der Waals surface area contributed by atoms with Gasteiger partial charge in [-0.15, -0.1) is 0 Å². The molecular formula is C40H26. The highest BCUT2D eigenvalue weighted by molar-refractivity contribution is 6.24. The smallest absolute Gasteiger partial charge is 0.0622 e. The van der Waals surface area contributed by atoms with Gasteiger partial charge in [0.25, 0.3) is 0 Å². The van der Waals surface area contributed by atoms with Gasteiger partial charge in [-0.3, -0.25) is 0 Å². The second-order valence-electron chi connectivity index (χ2n) is 9.85. The topological polar surface area (TPSA) is 0 Å². The number of hydrogen-bond donors (Lipinski definition) is 0. The van der Waals surface area contributed by atoms with Gasteiger partial charge in [0.05, 0.1) is 11.0 Å². The van der Waals surface area contributed by atoms with E-state index in [2.05, 4.69) is 30.3 Å². The zero-order valence-electron chi connectivity index (χ0n) is 29.4. The monoisotopic (exact) mass is 514 g/mol. The van der Waals surface area contributed by atoms with Crippen LogP contribution >= 0.6 is 0 Å². The lowest BCUT2D eigenvalue weighted by Crippen LogP contribution is -1.92. The van der Waals surface area contributed by atoms with Crippen LogP contribution in [0.4, 0.5) is 0 Å². The molecule has 0 aliphatic heterocycles. The third-order valence-corrected chi connectivity index (χ3v) is 7.71. The highest BCUT2D eigenvalue weighted by Gasteiger charge is 2.18. The first-order valence-electron chi connectivity index (χ1n) is 17.2. The number of benzene rings is 8. The molecule has 0 aliphatic rings. The van der Waals surface area contributed by atoms with Crippen molar-refractivity contribution < 1.29 is 11.0 Å². The van der Waals surface area contributed by atoms with Crippen molar-refractivity contribution in [2.24, 2.45) is 0 Å². The van der Waals surface area contributed by atoms with Gasteiger partial charge in [0, 0.05) is 0 Å². The number of fused-ring (bicyclic) bond motifs is 4. The highest BCUT2D eigenvalue weighted by atomic mass is 14.2. The first-order valence-corrected chi connectivity index (χ1v) is 13.2. The van der Waals surface area contributed by atoms with Gasteiger partial charge < -0.3 is 0 Å². The molecule has 0 atom stereocenters. The molecule has 0 unspecified atom stereocenters. The van der Waals surface area contributed by atoms with Crippen LogP contribution in [0.15, 0.2) is 158 Å². The van der Waals surface area contributed by atoms with Crippen LogP contribution in [0.3, 0.4) is 0 Å². The van der Waals surface area contributed by atoms with Gasteiger partial charge in [0.2, 0.25) is 0 Å². The molecule has 0 nitrogen and oxygen atoms in total. The average Bonchev–Trinajstić information content (AvgIpc) is 3.13. The van der Waals surface area contributed by atoms with Gasteiger partial charge in [-0.25, -0.2) is 0 Å². The van der Waals surface area contributed by atoms with Crippen LogP contribution in [0.5, 0.6) is 0 Å². The first-order chi connectivity index (χ1) is 23.2. The Morgan fingerprint density at radius 2 is 0.775 bits per heavy atom. The summed E-state index contributed by atoms with van der Waals surface area (Å²) in [5.41, 5.74) is 3.90. The molecule has 0 radical (unpaired) electrons. The molecule has 0 heterocycles. The zero-order chi connectivity index (χ0) is 33.4. The average molecular weight is 515 g/mol. The molecule has 0 bridgehead atoms. The summed E-state index contributed by atoms with van der Waals surface area (Å²) < 4.78 is 71.6. The minimum Gasteiger partial charge on any atom is -0.0622 e. The lowest BCUT2D eigenvalue weighted by atomic mass is 9.84. The van der Waals surface area contributed by atoms with E-state index in [4.69, 9.17) is 5.48 Å². The van der Waals surface area contributed by atoms with Crippen molar-refractivity contribution in [2.45, 2.75) is 0 Å². The Hall–Kier alpha value is -5.20. The molecular weight excluding hydrogens is 480 g/mol. The normalized spacial score (nSPS) is 14.3. The maximum absolute atomic E-state index is 9.26. The Bertz CT molecular complexity index is 2560. The SMILES string of the molecule is [2H]c1c([2H])c([2H])c2c(-c3cccc4c(-c5cccc6ccccc56)cccc34)c3c([2H])c([2H])c([2H])c([2H])c3c(-c3ccccc3)c2c1[2H]. The van der Waals surface area contributed by atoms with Crippen LogP contribution in [0.1, 0.15) is 11.0 Å². The minimum absolute atomic E-state index is 0.209. The maximum Gasteiger partial charge on any atom is 0.0629 e. The van der Waals surface area contributed by atoms with Crippen LogP contribution in [0.25, 0.3) is 76.5 Å². The van der Waals surface area contributed by atoms with Crippen molar-refractivity contribution >= 4 is 43.1 Å². The molecule has 0 aliphatic carbocycles. The van der Waals surface area contributed by atoms with Crippen molar-refractivity contribution in [1.82, 2.24) is 0 Å². The molecule has 0 fully saturated rings. The molecule has 0 saturated carbocycles. The quantitative estimate of drug-likeness (QED) is 0.206. The van der Waals surface area contributed by atoms with Gasteiger partial charge in [0.15, 0.2) is 0 Å². The maximum atomic E-state index is 9.26. The van der Waals surface area contributed by atoms with E-state index in [0.717, 1.165) is 32.7 Å². The fourth-order valence-electron chi connectivity index (χ4n) is 6.01. The van der Waals surface area contributed by atoms with Crippen LogP contribution in [0.2, 0.25) is 0 Å². The molecule has 40 heavy (non-hydrogen) atoms. The molecule has 0 heteroatoms. The van der Waals surface area contributed by atoms with E-state index in [1.807, 2.05) is 54.6 Å². The Morgan fingerprint density at radius 1 is 0.325 bits per heavy atom. The standard InChI is InChI=1S/C40H26/c1-2-14-28(15-3-1)39-35-18-6-8-20-37(35)40(38-21-9-7-19-36(38)39)34-26-12-24-32-31(23-11-25-33(32)34)30-22-10-16-27-13-4-5-17-29(27)30/h1-26H/i6D,7D,8D,9D,18D,19D,20D,21D. The Kier molecular flexibility index (Phi) is 3.70. The Balaban J connectivity index is 1.63. The van der Waals surface area contributed by atoms with Gasteiger partial charge in [-0.1, -0.05) is 158 Å². The fraction of sp³-hybridized carbons (Fsp3) is 0.